The first kappa shape index (κ1) is 19.0. The van der Waals surface area contributed by atoms with Gasteiger partial charge in [-0.3, -0.25) is 24.7 Å². The van der Waals surface area contributed by atoms with Crippen LogP contribution in [0.15, 0.2) is 18.3 Å². The molecular weight excluding hydrogens is 318 g/mol. The van der Waals surface area contributed by atoms with Crippen molar-refractivity contribution in [3.8, 4) is 6.07 Å². The average molecular weight is 335 g/mol. The van der Waals surface area contributed by atoms with Gasteiger partial charge in [-0.05, 0) is 26.3 Å². The van der Waals surface area contributed by atoms with E-state index in [0.29, 0.717) is 0 Å². The second kappa shape index (κ2) is 8.57. The third kappa shape index (κ3) is 3.65. The second-order valence-electron chi connectivity index (χ2n) is 4.63. The molecule has 0 aliphatic heterocycles. The summed E-state index contributed by atoms with van der Waals surface area (Å²) in [7, 11) is 0. The normalized spacial score (nSPS) is 10.5. The molecule has 0 N–H and O–H groups in total. The molecule has 0 fully saturated rings. The predicted octanol–water partition coefficient (Wildman–Crippen LogP) is 1.66. The maximum atomic E-state index is 12.6. The smallest absolute Gasteiger partial charge is 0.330 e. The second-order valence-corrected chi connectivity index (χ2v) is 4.63. The molecule has 0 saturated carbocycles. The maximum Gasteiger partial charge on any atom is 0.330 e. The Morgan fingerprint density at radius 1 is 1.33 bits per heavy atom. The third-order valence-electron chi connectivity index (χ3n) is 3.25. The van der Waals surface area contributed by atoms with Crippen LogP contribution in [0.4, 0.5) is 5.69 Å². The Morgan fingerprint density at radius 3 is 2.38 bits per heavy atom. The highest BCUT2D eigenvalue weighted by molar-refractivity contribution is 6.06. The lowest BCUT2D eigenvalue weighted by Gasteiger charge is -2.27. The number of nitriles is 1. The summed E-state index contributed by atoms with van der Waals surface area (Å²) >= 11 is 0. The molecule has 9 heteroatoms. The number of carbonyl (C=O) groups is 2. The minimum atomic E-state index is -2.16. The average Bonchev–Trinajstić information content (AvgIpc) is 2.56. The van der Waals surface area contributed by atoms with Gasteiger partial charge < -0.3 is 9.47 Å². The molecule has 0 saturated heterocycles. The van der Waals surface area contributed by atoms with Gasteiger partial charge in [0, 0.05) is 18.7 Å². The lowest BCUT2D eigenvalue weighted by molar-refractivity contribution is -0.386. The van der Waals surface area contributed by atoms with Gasteiger partial charge in [-0.15, -0.1) is 0 Å². The highest BCUT2D eigenvalue weighted by Gasteiger charge is 2.55. The van der Waals surface area contributed by atoms with E-state index in [1.165, 1.54) is 26.1 Å². The molecule has 1 aromatic heterocycles. The SMILES string of the molecule is CCOC(=O)C(CCC#N)(C(=O)OCC)c1ncccc1[N+](=O)[O-]. The molecule has 9 nitrogen and oxygen atoms in total. The Labute approximate surface area is 138 Å². The first-order chi connectivity index (χ1) is 11.4. The Bertz CT molecular complexity index is 649. The lowest BCUT2D eigenvalue weighted by atomic mass is 9.78. The molecule has 0 bridgehead atoms. The van der Waals surface area contributed by atoms with Crippen molar-refractivity contribution in [3.63, 3.8) is 0 Å². The Hall–Kier alpha value is -3.02. The number of hydrogen-bond acceptors (Lipinski definition) is 8. The topological polar surface area (TPSA) is 132 Å². The first-order valence-corrected chi connectivity index (χ1v) is 7.26. The Balaban J connectivity index is 3.67. The van der Waals surface area contributed by atoms with E-state index in [1.807, 2.05) is 6.07 Å². The number of ether oxygens (including phenoxy) is 2. The van der Waals surface area contributed by atoms with Crippen LogP contribution in [0.2, 0.25) is 0 Å². The van der Waals surface area contributed by atoms with E-state index < -0.39 is 28.0 Å². The molecule has 0 atom stereocenters. The predicted molar refractivity (Wildman–Crippen MR) is 80.7 cm³/mol. The van der Waals surface area contributed by atoms with Crippen LogP contribution in [0.1, 0.15) is 32.4 Å². The quantitative estimate of drug-likeness (QED) is 0.303. The Kier molecular flexibility index (Phi) is 6.79. The minimum absolute atomic E-state index is 0.0484. The summed E-state index contributed by atoms with van der Waals surface area (Å²) in [6.45, 7) is 2.97. The summed E-state index contributed by atoms with van der Waals surface area (Å²) in [5, 5.41) is 20.2. The number of nitrogens with zero attached hydrogens (tertiary/aromatic N) is 3. The summed E-state index contributed by atoms with van der Waals surface area (Å²) < 4.78 is 9.90. The molecule has 1 aromatic rings. The largest absolute Gasteiger partial charge is 0.465 e. The van der Waals surface area contributed by atoms with E-state index in [4.69, 9.17) is 14.7 Å². The number of esters is 2. The van der Waals surface area contributed by atoms with Crippen molar-refractivity contribution in [2.45, 2.75) is 32.1 Å². The van der Waals surface area contributed by atoms with Crippen LogP contribution < -0.4 is 0 Å². The fourth-order valence-electron chi connectivity index (χ4n) is 2.22. The van der Waals surface area contributed by atoms with E-state index in [1.54, 1.807) is 0 Å². The zero-order valence-electron chi connectivity index (χ0n) is 13.4. The van der Waals surface area contributed by atoms with E-state index >= 15 is 0 Å². The van der Waals surface area contributed by atoms with Crippen LogP contribution in [-0.2, 0) is 24.5 Å². The fraction of sp³-hybridized carbons (Fsp3) is 0.467. The summed E-state index contributed by atoms with van der Waals surface area (Å²) in [4.78, 5) is 39.6. The van der Waals surface area contributed by atoms with Gasteiger partial charge in [0.25, 0.3) is 5.69 Å². The molecule has 0 amide bonds. The van der Waals surface area contributed by atoms with E-state index in [9.17, 15) is 19.7 Å². The number of pyridine rings is 1. The van der Waals surface area contributed by atoms with E-state index in [-0.39, 0.29) is 31.7 Å². The molecule has 1 rings (SSSR count). The van der Waals surface area contributed by atoms with Gasteiger partial charge in [0.2, 0.25) is 5.41 Å². The van der Waals surface area contributed by atoms with Gasteiger partial charge in [-0.1, -0.05) is 0 Å². The van der Waals surface area contributed by atoms with Crippen LogP contribution in [0.25, 0.3) is 0 Å². The van der Waals surface area contributed by atoms with E-state index in [2.05, 4.69) is 4.98 Å². The van der Waals surface area contributed by atoms with Gasteiger partial charge in [0.15, 0.2) is 0 Å². The van der Waals surface area contributed by atoms with Crippen LogP contribution in [0.3, 0.4) is 0 Å². The minimum Gasteiger partial charge on any atom is -0.465 e. The Morgan fingerprint density at radius 2 is 1.92 bits per heavy atom. The number of carbonyl (C=O) groups excluding carboxylic acids is 2. The maximum absolute atomic E-state index is 12.6. The number of hydrogen-bond donors (Lipinski definition) is 0. The molecule has 0 aliphatic rings. The molecule has 0 aliphatic carbocycles. The molecule has 0 unspecified atom stereocenters. The van der Waals surface area contributed by atoms with Gasteiger partial charge in [-0.2, -0.15) is 5.26 Å². The van der Waals surface area contributed by atoms with Crippen molar-refractivity contribution in [2.75, 3.05) is 13.2 Å². The van der Waals surface area contributed by atoms with Gasteiger partial charge >= 0.3 is 11.9 Å². The first-order valence-electron chi connectivity index (χ1n) is 7.26. The van der Waals surface area contributed by atoms with Crippen LogP contribution in [-0.4, -0.2) is 35.1 Å². The molecule has 24 heavy (non-hydrogen) atoms. The van der Waals surface area contributed by atoms with Crippen molar-refractivity contribution < 1.29 is 24.0 Å². The van der Waals surface area contributed by atoms with Gasteiger partial charge in [0.1, 0.15) is 5.69 Å². The fourth-order valence-corrected chi connectivity index (χ4v) is 2.22. The van der Waals surface area contributed by atoms with Crippen LogP contribution in [0, 0.1) is 21.4 Å². The van der Waals surface area contributed by atoms with Crippen molar-refractivity contribution >= 4 is 17.6 Å². The third-order valence-corrected chi connectivity index (χ3v) is 3.25. The van der Waals surface area contributed by atoms with Gasteiger partial charge in [-0.25, -0.2) is 0 Å². The molecule has 0 aromatic carbocycles. The summed E-state index contributed by atoms with van der Waals surface area (Å²) in [5.41, 5.74) is -3.07. The number of rotatable bonds is 8. The van der Waals surface area contributed by atoms with Crippen LogP contribution in [0.5, 0.6) is 0 Å². The van der Waals surface area contributed by atoms with E-state index in [0.717, 1.165) is 6.07 Å². The molecule has 0 spiro atoms. The van der Waals surface area contributed by atoms with Crippen molar-refractivity contribution in [3.05, 3.63) is 34.1 Å². The molecule has 0 radical (unpaired) electrons. The molecule has 1 heterocycles. The van der Waals surface area contributed by atoms with Crippen molar-refractivity contribution in [1.82, 2.24) is 4.98 Å². The monoisotopic (exact) mass is 335 g/mol. The number of nitro groups is 1. The molecule has 128 valence electrons. The highest BCUT2D eigenvalue weighted by atomic mass is 16.6. The van der Waals surface area contributed by atoms with Crippen LogP contribution >= 0.6 is 0 Å². The van der Waals surface area contributed by atoms with Crippen molar-refractivity contribution in [2.24, 2.45) is 0 Å². The summed E-state index contributed by atoms with van der Waals surface area (Å²) in [6, 6.07) is 4.26. The van der Waals surface area contributed by atoms with Crippen molar-refractivity contribution in [1.29, 1.82) is 5.26 Å². The lowest BCUT2D eigenvalue weighted by Crippen LogP contribution is -2.47. The highest BCUT2D eigenvalue weighted by Crippen LogP contribution is 2.36. The zero-order chi connectivity index (χ0) is 18.2. The number of aromatic nitrogens is 1. The standard InChI is InChI=1S/C15H17N3O6/c1-3-23-13(19)15(8-6-9-16,14(20)24-4-2)12-11(18(21)22)7-5-10-17-12/h5,7,10H,3-4,6,8H2,1-2H3. The molecular formula is C15H17N3O6. The zero-order valence-corrected chi connectivity index (χ0v) is 13.4. The summed E-state index contributed by atoms with van der Waals surface area (Å²) in [5.74, 6) is -2.05. The van der Waals surface area contributed by atoms with Gasteiger partial charge in [0.05, 0.1) is 24.2 Å². The summed E-state index contributed by atoms with van der Waals surface area (Å²) in [6.07, 6.45) is 0.673.